The fourth-order valence-electron chi connectivity index (χ4n) is 8.93. The molecule has 0 atom stereocenters. The van der Waals surface area contributed by atoms with Crippen molar-refractivity contribution < 1.29 is 19.1 Å². The van der Waals surface area contributed by atoms with Crippen LogP contribution < -0.4 is 5.32 Å². The van der Waals surface area contributed by atoms with Crippen molar-refractivity contribution in [3.8, 4) is 0 Å². The van der Waals surface area contributed by atoms with E-state index in [-0.39, 0.29) is 5.91 Å². The molecule has 0 rings (SSSR count). The van der Waals surface area contributed by atoms with Crippen molar-refractivity contribution >= 4 is 12.3 Å². The van der Waals surface area contributed by atoms with Crippen molar-refractivity contribution in [1.29, 1.82) is 0 Å². The first-order valence-corrected chi connectivity index (χ1v) is 29.9. The molecule has 0 aromatic carbocycles. The summed E-state index contributed by atoms with van der Waals surface area (Å²) < 4.78 is 11.0. The van der Waals surface area contributed by atoms with Crippen LogP contribution in [0, 0.1) is 0 Å². The van der Waals surface area contributed by atoms with Gasteiger partial charge in [0.2, 0.25) is 12.3 Å². The highest BCUT2D eigenvalue weighted by atomic mass is 16.5. The van der Waals surface area contributed by atoms with Crippen molar-refractivity contribution in [2.75, 3.05) is 98.9 Å². The summed E-state index contributed by atoms with van der Waals surface area (Å²) in [6, 6.07) is 0. The van der Waals surface area contributed by atoms with Gasteiger partial charge in [-0.1, -0.05) is 188 Å². The van der Waals surface area contributed by atoms with Gasteiger partial charge in [0, 0.05) is 52.9 Å². The zero-order valence-corrected chi connectivity index (χ0v) is 47.8. The van der Waals surface area contributed by atoms with Crippen molar-refractivity contribution in [2.24, 2.45) is 0 Å². The van der Waals surface area contributed by atoms with Crippen LogP contribution in [0.15, 0.2) is 24.0 Å². The van der Waals surface area contributed by atoms with Crippen LogP contribution in [0.5, 0.6) is 0 Å². The Morgan fingerprint density at radius 3 is 1.41 bits per heavy atom. The molecule has 0 fully saturated rings. The van der Waals surface area contributed by atoms with E-state index in [1.54, 1.807) is 7.11 Å². The molecule has 9 heteroatoms. The maximum absolute atomic E-state index is 14.3. The van der Waals surface area contributed by atoms with Crippen LogP contribution in [0.2, 0.25) is 0 Å². The Morgan fingerprint density at radius 2 is 0.899 bits per heavy atom. The summed E-state index contributed by atoms with van der Waals surface area (Å²) in [4.78, 5) is 35.4. The molecule has 0 aliphatic rings. The second-order valence-electron chi connectivity index (χ2n) is 20.0. The molecule has 0 aromatic heterocycles. The minimum absolute atomic E-state index is 0.212. The van der Waals surface area contributed by atoms with Gasteiger partial charge in [-0.25, -0.2) is 0 Å². The summed E-state index contributed by atoms with van der Waals surface area (Å²) >= 11 is 0. The van der Waals surface area contributed by atoms with Gasteiger partial charge in [0.05, 0.1) is 18.9 Å². The number of allylic oxidation sites excluding steroid dienone is 4. The zero-order chi connectivity index (χ0) is 50.9. The molecule has 0 aromatic rings. The molecule has 9 nitrogen and oxygen atoms in total. The van der Waals surface area contributed by atoms with Crippen LogP contribution in [0.4, 0.5) is 0 Å². The van der Waals surface area contributed by atoms with E-state index in [2.05, 4.69) is 91.6 Å². The molecule has 0 radical (unpaired) electrons. The summed E-state index contributed by atoms with van der Waals surface area (Å²) in [5, 5.41) is 2.84. The Hall–Kier alpha value is -1.94. The molecule has 0 heterocycles. The SMILES string of the molecule is CC=C(CCCN(CCCCCCCCC)CCN(CCCCCCCCC)CC(=O)N(CCCN(CCC/C=C/C)CCCCCCCCC)CCNC=O)OCCCCC.CCCCCOC. The van der Waals surface area contributed by atoms with E-state index < -0.39 is 0 Å². The first-order chi connectivity index (χ1) is 33.9. The molecule has 0 aliphatic heterocycles. The molecular formula is C60H121N5O4. The first-order valence-electron chi connectivity index (χ1n) is 29.9. The van der Waals surface area contributed by atoms with Crippen molar-refractivity contribution in [2.45, 2.75) is 254 Å². The van der Waals surface area contributed by atoms with Gasteiger partial charge in [-0.05, 0) is 117 Å². The van der Waals surface area contributed by atoms with Crippen molar-refractivity contribution in [3.63, 3.8) is 0 Å². The lowest BCUT2D eigenvalue weighted by molar-refractivity contribution is -0.132. The maximum atomic E-state index is 14.3. The standard InChI is InChI=1S/C54H107N5O3.C6H14O/c1-7-13-18-22-25-28-32-41-56(40-31-21-16-10-4)45-37-46-59(47-39-55-52-60)54(61)51-58(43-34-30-27-24-20-15-9-3)49-48-57(42-33-29-26-23-19-14-8-2)44-36-38-53(12-6)62-50-35-17-11-5;1-3-4-5-6-7-2/h10,12,16,52H,7-9,11,13-15,17-51H2,1-6H3,(H,55,60);3-6H2,1-2H3/b16-10+,53-12?;. The zero-order valence-electron chi connectivity index (χ0n) is 47.8. The Balaban J connectivity index is 0. The lowest BCUT2D eigenvalue weighted by atomic mass is 10.1. The number of nitrogens with one attached hydrogen (secondary N) is 1. The third kappa shape index (κ3) is 50.8. The Bertz CT molecular complexity index is 1090. The summed E-state index contributed by atoms with van der Waals surface area (Å²) in [5.74, 6) is 1.35. The minimum atomic E-state index is 0.212. The molecule has 1 N–H and O–H groups in total. The molecule has 0 bridgehead atoms. The number of carbonyl (C=O) groups excluding carboxylic acids is 2. The summed E-state index contributed by atoms with van der Waals surface area (Å²) in [6.45, 7) is 27.9. The highest BCUT2D eigenvalue weighted by Gasteiger charge is 2.19. The van der Waals surface area contributed by atoms with Crippen LogP contribution in [0.3, 0.4) is 0 Å². The monoisotopic (exact) mass is 976 g/mol. The fraction of sp³-hybridized carbons (Fsp3) is 0.900. The quantitative estimate of drug-likeness (QED) is 0.0282. The number of carbonyl (C=O) groups is 2. The van der Waals surface area contributed by atoms with Crippen LogP contribution in [0.25, 0.3) is 0 Å². The van der Waals surface area contributed by atoms with Gasteiger partial charge in [0.25, 0.3) is 0 Å². The maximum Gasteiger partial charge on any atom is 0.236 e. The highest BCUT2D eigenvalue weighted by Crippen LogP contribution is 2.14. The number of methoxy groups -OCH3 is 1. The molecule has 410 valence electrons. The van der Waals surface area contributed by atoms with Gasteiger partial charge >= 0.3 is 0 Å². The van der Waals surface area contributed by atoms with Gasteiger partial charge in [-0.2, -0.15) is 0 Å². The van der Waals surface area contributed by atoms with E-state index >= 15 is 0 Å². The summed E-state index contributed by atoms with van der Waals surface area (Å²) in [6.07, 6.45) is 47.6. The van der Waals surface area contributed by atoms with E-state index in [4.69, 9.17) is 9.47 Å². The summed E-state index contributed by atoms with van der Waals surface area (Å²) in [7, 11) is 1.75. The Labute approximate surface area is 431 Å². The summed E-state index contributed by atoms with van der Waals surface area (Å²) in [5.41, 5.74) is 0. The lowest BCUT2D eigenvalue weighted by Gasteiger charge is -2.31. The van der Waals surface area contributed by atoms with E-state index in [0.717, 1.165) is 123 Å². The Morgan fingerprint density at radius 1 is 0.464 bits per heavy atom. The fourth-order valence-corrected chi connectivity index (χ4v) is 8.93. The van der Waals surface area contributed by atoms with Gasteiger partial charge < -0.3 is 29.5 Å². The molecule has 0 saturated carbocycles. The van der Waals surface area contributed by atoms with Crippen LogP contribution in [-0.2, 0) is 19.1 Å². The van der Waals surface area contributed by atoms with Crippen LogP contribution in [0.1, 0.15) is 254 Å². The minimum Gasteiger partial charge on any atom is -0.498 e. The molecule has 2 amide bonds. The average Bonchev–Trinajstić information content (AvgIpc) is 3.35. The highest BCUT2D eigenvalue weighted by molar-refractivity contribution is 5.78. The topological polar surface area (TPSA) is 77.6 Å². The van der Waals surface area contributed by atoms with Crippen molar-refractivity contribution in [1.82, 2.24) is 24.9 Å². The molecule has 69 heavy (non-hydrogen) atoms. The lowest BCUT2D eigenvalue weighted by Crippen LogP contribution is -2.46. The van der Waals surface area contributed by atoms with E-state index in [0.29, 0.717) is 19.6 Å². The number of ether oxygens (including phenoxy) is 2. The first kappa shape index (κ1) is 69.1. The molecule has 0 spiro atoms. The second kappa shape index (κ2) is 58.6. The normalized spacial score (nSPS) is 11.8. The molecule has 0 saturated heterocycles. The van der Waals surface area contributed by atoms with E-state index in [9.17, 15) is 9.59 Å². The third-order valence-electron chi connectivity index (χ3n) is 13.5. The number of unbranched alkanes of at least 4 members (excludes halogenated alkanes) is 23. The predicted octanol–water partition coefficient (Wildman–Crippen LogP) is 15.2. The molecular weight excluding hydrogens is 855 g/mol. The van der Waals surface area contributed by atoms with Crippen LogP contribution in [-0.4, -0.2) is 131 Å². The number of hydrogen-bond acceptors (Lipinski definition) is 7. The number of hydrogen-bond donors (Lipinski definition) is 1. The number of nitrogens with zero attached hydrogens (tertiary/aromatic N) is 4. The largest absolute Gasteiger partial charge is 0.498 e. The van der Waals surface area contributed by atoms with E-state index in [1.165, 1.54) is 167 Å². The second-order valence-corrected chi connectivity index (χ2v) is 20.0. The van der Waals surface area contributed by atoms with Gasteiger partial charge in [-0.3, -0.25) is 14.5 Å². The molecule has 0 unspecified atom stereocenters. The Kier molecular flexibility index (Phi) is 58.7. The van der Waals surface area contributed by atoms with Gasteiger partial charge in [0.1, 0.15) is 0 Å². The number of rotatable bonds is 54. The van der Waals surface area contributed by atoms with Crippen LogP contribution >= 0.6 is 0 Å². The predicted molar refractivity (Wildman–Crippen MR) is 302 cm³/mol. The van der Waals surface area contributed by atoms with E-state index in [1.807, 2.05) is 0 Å². The molecule has 0 aliphatic carbocycles. The average molecular weight is 977 g/mol. The third-order valence-corrected chi connectivity index (χ3v) is 13.5. The smallest absolute Gasteiger partial charge is 0.236 e. The number of amides is 2. The van der Waals surface area contributed by atoms with Gasteiger partial charge in [-0.15, -0.1) is 0 Å². The van der Waals surface area contributed by atoms with Crippen molar-refractivity contribution in [3.05, 3.63) is 24.0 Å². The van der Waals surface area contributed by atoms with Gasteiger partial charge in [0.15, 0.2) is 0 Å².